The average Bonchev–Trinajstić information content (AvgIpc) is 2.18. The summed E-state index contributed by atoms with van der Waals surface area (Å²) in [5.74, 6) is -2.28. The minimum atomic E-state index is -3.78. The number of aliphatic carboxylic acids is 1. The third-order valence-corrected chi connectivity index (χ3v) is 4.81. The van der Waals surface area contributed by atoms with Gasteiger partial charge in [-0.15, -0.1) is 0 Å². The van der Waals surface area contributed by atoms with Crippen LogP contribution in [-0.2, 0) is 14.8 Å². The zero-order valence-electron chi connectivity index (χ0n) is 9.63. The Bertz CT molecular complexity index is 593. The standard InChI is InChI=1S/C11H12FNO4S/c1-7-2-3-9(4-10(7)12)18(16,17)13-5-8(6-13)11(14)15/h2-4,8H,5-6H2,1H3,(H,14,15). The molecule has 0 aliphatic carbocycles. The molecule has 0 unspecified atom stereocenters. The molecule has 1 saturated heterocycles. The number of carbonyl (C=O) groups is 1. The van der Waals surface area contributed by atoms with Crippen LogP contribution in [0.2, 0.25) is 0 Å². The van der Waals surface area contributed by atoms with Crippen LogP contribution in [0, 0.1) is 18.7 Å². The number of hydrogen-bond donors (Lipinski definition) is 1. The van der Waals surface area contributed by atoms with Gasteiger partial charge in [0, 0.05) is 13.1 Å². The number of sulfonamides is 1. The molecule has 2 rings (SSSR count). The highest BCUT2D eigenvalue weighted by atomic mass is 32.2. The van der Waals surface area contributed by atoms with E-state index in [4.69, 9.17) is 5.11 Å². The summed E-state index contributed by atoms with van der Waals surface area (Å²) >= 11 is 0. The summed E-state index contributed by atoms with van der Waals surface area (Å²) < 4.78 is 38.4. The van der Waals surface area contributed by atoms with Gasteiger partial charge in [0.1, 0.15) is 5.82 Å². The predicted octanol–water partition coefficient (Wildman–Crippen LogP) is 0.839. The highest BCUT2D eigenvalue weighted by Crippen LogP contribution is 2.26. The Morgan fingerprint density at radius 2 is 2.06 bits per heavy atom. The monoisotopic (exact) mass is 273 g/mol. The number of carboxylic acids is 1. The molecule has 1 aliphatic heterocycles. The van der Waals surface area contributed by atoms with Crippen LogP contribution in [-0.4, -0.2) is 36.9 Å². The molecule has 0 atom stereocenters. The quantitative estimate of drug-likeness (QED) is 0.885. The largest absolute Gasteiger partial charge is 0.481 e. The van der Waals surface area contributed by atoms with E-state index in [1.54, 1.807) is 0 Å². The van der Waals surface area contributed by atoms with Crippen molar-refractivity contribution in [2.24, 2.45) is 5.92 Å². The van der Waals surface area contributed by atoms with Gasteiger partial charge in [-0.25, -0.2) is 12.8 Å². The molecule has 0 aromatic heterocycles. The van der Waals surface area contributed by atoms with Gasteiger partial charge in [-0.1, -0.05) is 6.07 Å². The fourth-order valence-corrected chi connectivity index (χ4v) is 3.22. The van der Waals surface area contributed by atoms with Crippen LogP contribution in [0.15, 0.2) is 23.1 Å². The zero-order chi connectivity index (χ0) is 13.5. The first-order chi connectivity index (χ1) is 8.32. The molecule has 18 heavy (non-hydrogen) atoms. The van der Waals surface area contributed by atoms with Gasteiger partial charge in [0.2, 0.25) is 10.0 Å². The molecule has 1 N–H and O–H groups in total. The topological polar surface area (TPSA) is 74.7 Å². The minimum absolute atomic E-state index is 0.0623. The first kappa shape index (κ1) is 13.0. The number of carboxylic acid groups (broad SMARTS) is 1. The maximum Gasteiger partial charge on any atom is 0.309 e. The maximum atomic E-state index is 13.3. The van der Waals surface area contributed by atoms with Crippen molar-refractivity contribution < 1.29 is 22.7 Å². The van der Waals surface area contributed by atoms with Crippen LogP contribution in [0.25, 0.3) is 0 Å². The Morgan fingerprint density at radius 3 is 2.56 bits per heavy atom. The van der Waals surface area contributed by atoms with Gasteiger partial charge in [0.05, 0.1) is 10.8 Å². The highest BCUT2D eigenvalue weighted by molar-refractivity contribution is 7.89. The van der Waals surface area contributed by atoms with Gasteiger partial charge >= 0.3 is 5.97 Å². The van der Waals surface area contributed by atoms with E-state index in [9.17, 15) is 17.6 Å². The predicted molar refractivity (Wildman–Crippen MR) is 61.0 cm³/mol. The van der Waals surface area contributed by atoms with E-state index >= 15 is 0 Å². The lowest BCUT2D eigenvalue weighted by Crippen LogP contribution is -2.52. The van der Waals surface area contributed by atoms with Crippen molar-refractivity contribution in [3.05, 3.63) is 29.6 Å². The molecular weight excluding hydrogens is 261 g/mol. The van der Waals surface area contributed by atoms with Crippen LogP contribution in [0.3, 0.4) is 0 Å². The summed E-state index contributed by atoms with van der Waals surface area (Å²) in [5, 5.41) is 8.69. The van der Waals surface area contributed by atoms with Crippen molar-refractivity contribution >= 4 is 16.0 Å². The summed E-state index contributed by atoms with van der Waals surface area (Å²) in [7, 11) is -3.78. The fraction of sp³-hybridized carbons (Fsp3) is 0.364. The molecule has 0 saturated carbocycles. The van der Waals surface area contributed by atoms with Gasteiger partial charge in [0.25, 0.3) is 0 Å². The lowest BCUT2D eigenvalue weighted by molar-refractivity contribution is -0.145. The van der Waals surface area contributed by atoms with Crippen LogP contribution in [0.1, 0.15) is 5.56 Å². The number of halogens is 1. The Labute approximate surface area is 104 Å². The second kappa shape index (κ2) is 4.33. The van der Waals surface area contributed by atoms with Gasteiger partial charge in [-0.2, -0.15) is 4.31 Å². The Kier molecular flexibility index (Phi) is 3.12. The van der Waals surface area contributed by atoms with E-state index in [0.717, 1.165) is 10.4 Å². The molecule has 5 nitrogen and oxygen atoms in total. The molecule has 1 fully saturated rings. The summed E-state index contributed by atoms with van der Waals surface area (Å²) in [6.07, 6.45) is 0. The summed E-state index contributed by atoms with van der Waals surface area (Å²) in [6.45, 7) is 1.41. The van der Waals surface area contributed by atoms with E-state index in [-0.39, 0.29) is 18.0 Å². The Hall–Kier alpha value is -1.47. The molecule has 1 aromatic rings. The average molecular weight is 273 g/mol. The zero-order valence-corrected chi connectivity index (χ0v) is 10.4. The molecular formula is C11H12FNO4S. The smallest absolute Gasteiger partial charge is 0.309 e. The molecule has 7 heteroatoms. The van der Waals surface area contributed by atoms with E-state index in [0.29, 0.717) is 5.56 Å². The van der Waals surface area contributed by atoms with Crippen molar-refractivity contribution in [2.45, 2.75) is 11.8 Å². The van der Waals surface area contributed by atoms with Gasteiger partial charge in [0.15, 0.2) is 0 Å². The van der Waals surface area contributed by atoms with Crippen molar-refractivity contribution in [3.8, 4) is 0 Å². The van der Waals surface area contributed by atoms with E-state index < -0.39 is 27.7 Å². The first-order valence-electron chi connectivity index (χ1n) is 5.31. The maximum absolute atomic E-state index is 13.3. The van der Waals surface area contributed by atoms with Crippen LogP contribution in [0.4, 0.5) is 4.39 Å². The number of rotatable bonds is 3. The fourth-order valence-electron chi connectivity index (χ4n) is 1.67. The van der Waals surface area contributed by atoms with Gasteiger partial charge in [-0.05, 0) is 24.6 Å². The second-order valence-corrected chi connectivity index (χ2v) is 6.21. The number of benzene rings is 1. The molecule has 0 radical (unpaired) electrons. The first-order valence-corrected chi connectivity index (χ1v) is 6.75. The molecule has 0 amide bonds. The molecule has 1 aromatic carbocycles. The third-order valence-electron chi connectivity index (χ3n) is 2.98. The number of aryl methyl sites for hydroxylation is 1. The van der Waals surface area contributed by atoms with E-state index in [1.165, 1.54) is 19.1 Å². The minimum Gasteiger partial charge on any atom is -0.481 e. The molecule has 98 valence electrons. The number of hydrogen-bond acceptors (Lipinski definition) is 3. The second-order valence-electron chi connectivity index (χ2n) is 4.27. The summed E-state index contributed by atoms with van der Waals surface area (Å²) in [6, 6.07) is 3.66. The van der Waals surface area contributed by atoms with E-state index in [1.807, 2.05) is 0 Å². The Morgan fingerprint density at radius 1 is 1.44 bits per heavy atom. The third kappa shape index (κ3) is 2.11. The molecule has 0 spiro atoms. The normalized spacial score (nSPS) is 17.4. The molecule has 1 aliphatic rings. The van der Waals surface area contributed by atoms with E-state index in [2.05, 4.69) is 0 Å². The molecule has 1 heterocycles. The van der Waals surface area contributed by atoms with Crippen molar-refractivity contribution in [3.63, 3.8) is 0 Å². The van der Waals surface area contributed by atoms with Gasteiger partial charge < -0.3 is 5.11 Å². The SMILES string of the molecule is Cc1ccc(S(=O)(=O)N2CC(C(=O)O)C2)cc1F. The lowest BCUT2D eigenvalue weighted by atomic mass is 10.0. The van der Waals surface area contributed by atoms with Crippen molar-refractivity contribution in [1.82, 2.24) is 4.31 Å². The Balaban J connectivity index is 2.22. The molecule has 0 bridgehead atoms. The van der Waals surface area contributed by atoms with Crippen LogP contribution in [0.5, 0.6) is 0 Å². The van der Waals surface area contributed by atoms with Crippen molar-refractivity contribution in [1.29, 1.82) is 0 Å². The van der Waals surface area contributed by atoms with Crippen molar-refractivity contribution in [2.75, 3.05) is 13.1 Å². The van der Waals surface area contributed by atoms with Crippen LogP contribution < -0.4 is 0 Å². The van der Waals surface area contributed by atoms with Crippen LogP contribution >= 0.6 is 0 Å². The van der Waals surface area contributed by atoms with Gasteiger partial charge in [-0.3, -0.25) is 4.79 Å². The summed E-state index contributed by atoms with van der Waals surface area (Å²) in [4.78, 5) is 10.5. The summed E-state index contributed by atoms with van der Waals surface area (Å²) in [5.41, 5.74) is 0.362. The number of nitrogens with zero attached hydrogens (tertiary/aromatic N) is 1. The highest BCUT2D eigenvalue weighted by Gasteiger charge is 2.40. The lowest BCUT2D eigenvalue weighted by Gasteiger charge is -2.35.